The second kappa shape index (κ2) is 13.6. The van der Waals surface area contributed by atoms with Crippen molar-refractivity contribution in [1.82, 2.24) is 19.4 Å². The van der Waals surface area contributed by atoms with Crippen LogP contribution in [0.1, 0.15) is 27.7 Å². The number of nitrogens with zero attached hydrogens (tertiary/aromatic N) is 4. The first-order chi connectivity index (χ1) is 20.1. The number of carbonyl (C=O) groups is 3. The highest BCUT2D eigenvalue weighted by Crippen LogP contribution is 2.35. The van der Waals surface area contributed by atoms with Crippen LogP contribution >= 0.6 is 0 Å². The van der Waals surface area contributed by atoms with Crippen molar-refractivity contribution in [2.24, 2.45) is 0 Å². The van der Waals surface area contributed by atoms with Crippen LogP contribution in [0.2, 0.25) is 0 Å². The highest BCUT2D eigenvalue weighted by atomic mass is 19.4. The van der Waals surface area contributed by atoms with Crippen LogP contribution in [0.25, 0.3) is 0 Å². The summed E-state index contributed by atoms with van der Waals surface area (Å²) in [4.78, 5) is 39.8. The summed E-state index contributed by atoms with van der Waals surface area (Å²) in [6, 6.07) is 16.4. The Kier molecular flexibility index (Phi) is 10.4. The van der Waals surface area contributed by atoms with Crippen molar-refractivity contribution >= 4 is 17.8 Å². The molecule has 5 rings (SSSR count). The number of aromatic nitrogens is 2. The fourth-order valence-electron chi connectivity index (χ4n) is 4.58. The van der Waals surface area contributed by atoms with Gasteiger partial charge in [-0.05, 0) is 41.5 Å². The Labute approximate surface area is 240 Å². The van der Waals surface area contributed by atoms with Crippen LogP contribution < -0.4 is 4.74 Å². The third-order valence-corrected chi connectivity index (χ3v) is 6.48. The lowest BCUT2D eigenvalue weighted by atomic mass is 10.0. The number of methoxy groups -OCH3 is 1. The molecule has 4 heterocycles. The molecule has 0 radical (unpaired) electrons. The van der Waals surface area contributed by atoms with E-state index >= 15 is 0 Å². The first-order valence-corrected chi connectivity index (χ1v) is 12.4. The van der Waals surface area contributed by atoms with E-state index < -0.39 is 24.3 Å². The first-order valence-electron chi connectivity index (χ1n) is 12.4. The zero-order valence-corrected chi connectivity index (χ0v) is 22.4. The van der Waals surface area contributed by atoms with Gasteiger partial charge < -0.3 is 24.4 Å². The van der Waals surface area contributed by atoms with Crippen LogP contribution in [0.15, 0.2) is 67.1 Å². The van der Waals surface area contributed by atoms with Crippen molar-refractivity contribution in [3.8, 4) is 5.75 Å². The van der Waals surface area contributed by atoms with Gasteiger partial charge in [-0.2, -0.15) is 26.3 Å². The fraction of sp³-hybridized carbons (Fsp3) is 0.333. The molecule has 2 atom stereocenters. The minimum atomic E-state index is -5.08. The molecular formula is C27H26F6N4O6. The molecular weight excluding hydrogens is 590 g/mol. The van der Waals surface area contributed by atoms with Gasteiger partial charge in [-0.25, -0.2) is 9.59 Å². The number of hydrogen-bond donors (Lipinski definition) is 2. The lowest BCUT2D eigenvalue weighted by Gasteiger charge is -2.38. The van der Waals surface area contributed by atoms with Gasteiger partial charge in [0.25, 0.3) is 5.91 Å². The Morgan fingerprint density at radius 3 is 1.98 bits per heavy atom. The van der Waals surface area contributed by atoms with Crippen molar-refractivity contribution in [3.63, 3.8) is 0 Å². The summed E-state index contributed by atoms with van der Waals surface area (Å²) in [5, 5.41) is 14.2. The fourth-order valence-corrected chi connectivity index (χ4v) is 4.58. The highest BCUT2D eigenvalue weighted by molar-refractivity contribution is 5.94. The molecule has 2 aliphatic heterocycles. The van der Waals surface area contributed by atoms with Crippen LogP contribution in [0, 0.1) is 0 Å². The number of fused-ring (bicyclic) bond motifs is 3. The molecule has 0 spiro atoms. The van der Waals surface area contributed by atoms with E-state index in [2.05, 4.69) is 20.5 Å². The largest absolute Gasteiger partial charge is 0.497 e. The summed E-state index contributed by atoms with van der Waals surface area (Å²) >= 11 is 0. The minimum Gasteiger partial charge on any atom is -0.497 e. The molecule has 2 aromatic heterocycles. The molecule has 2 unspecified atom stereocenters. The van der Waals surface area contributed by atoms with Crippen LogP contribution in [-0.4, -0.2) is 86.0 Å². The number of aliphatic carboxylic acids is 2. The average molecular weight is 617 g/mol. The van der Waals surface area contributed by atoms with E-state index in [-0.39, 0.29) is 18.0 Å². The summed E-state index contributed by atoms with van der Waals surface area (Å²) in [5.74, 6) is -4.58. The Balaban J connectivity index is 0.000000303. The molecule has 1 saturated heterocycles. The number of carboxylic acids is 2. The van der Waals surface area contributed by atoms with Gasteiger partial charge in [-0.1, -0.05) is 18.2 Å². The van der Waals surface area contributed by atoms with Gasteiger partial charge in [-0.3, -0.25) is 14.7 Å². The second-order valence-electron chi connectivity index (χ2n) is 9.38. The van der Waals surface area contributed by atoms with Gasteiger partial charge in [0.15, 0.2) is 0 Å². The van der Waals surface area contributed by atoms with E-state index in [0.717, 1.165) is 36.6 Å². The Morgan fingerprint density at radius 2 is 1.47 bits per heavy atom. The Bertz CT molecular complexity index is 1370. The molecule has 1 aromatic carbocycles. The highest BCUT2D eigenvalue weighted by Gasteiger charge is 2.45. The van der Waals surface area contributed by atoms with Gasteiger partial charge in [0.1, 0.15) is 11.4 Å². The van der Waals surface area contributed by atoms with Crippen molar-refractivity contribution in [2.75, 3.05) is 20.2 Å². The van der Waals surface area contributed by atoms with Gasteiger partial charge >= 0.3 is 24.3 Å². The monoisotopic (exact) mass is 616 g/mol. The SMILES string of the molecule is COc1ccc(CN2C(=O)c3cccn3C3CN(Cc4cccnc4)CC32)cc1.O=C(O)C(F)(F)F.O=C(O)C(F)(F)F. The zero-order chi connectivity index (χ0) is 31.9. The summed E-state index contributed by atoms with van der Waals surface area (Å²) in [5.41, 5.74) is 3.10. The smallest absolute Gasteiger partial charge is 0.490 e. The number of benzene rings is 1. The molecule has 43 heavy (non-hydrogen) atoms. The number of ether oxygens (including phenoxy) is 1. The van der Waals surface area contributed by atoms with Crippen molar-refractivity contribution < 1.29 is 55.7 Å². The van der Waals surface area contributed by atoms with E-state index in [1.54, 1.807) is 13.3 Å². The number of amides is 1. The quantitative estimate of drug-likeness (QED) is 0.408. The van der Waals surface area contributed by atoms with Crippen molar-refractivity contribution in [3.05, 3.63) is 83.9 Å². The normalized spacial score (nSPS) is 17.9. The predicted octanol–water partition coefficient (Wildman–Crippen LogP) is 4.24. The summed E-state index contributed by atoms with van der Waals surface area (Å²) in [7, 11) is 1.66. The van der Waals surface area contributed by atoms with Crippen LogP contribution in [-0.2, 0) is 22.7 Å². The zero-order valence-electron chi connectivity index (χ0n) is 22.4. The lowest BCUT2D eigenvalue weighted by Crippen LogP contribution is -2.49. The molecule has 0 saturated carbocycles. The lowest BCUT2D eigenvalue weighted by molar-refractivity contribution is -0.193. The third-order valence-electron chi connectivity index (χ3n) is 6.48. The maximum Gasteiger partial charge on any atom is 0.490 e. The van der Waals surface area contributed by atoms with Gasteiger partial charge in [0.2, 0.25) is 0 Å². The number of halogens is 6. The van der Waals surface area contributed by atoms with E-state index in [9.17, 15) is 31.1 Å². The topological polar surface area (TPSA) is 125 Å². The van der Waals surface area contributed by atoms with Gasteiger partial charge in [0, 0.05) is 44.8 Å². The average Bonchev–Trinajstić information content (AvgIpc) is 3.59. The standard InChI is InChI=1S/C23H24N4O2.2C2HF3O2/c1-29-19-8-6-17(7-9-19)14-27-22-16-25(13-18-4-2-10-24-12-18)15-21(22)26-11-3-5-20(26)23(27)28;2*3-2(4,5)1(6)7/h2-12,21-22H,13-16H2,1H3;2*(H,6,7). The van der Waals surface area contributed by atoms with Gasteiger partial charge in [0.05, 0.1) is 19.2 Å². The number of pyridine rings is 1. The summed E-state index contributed by atoms with van der Waals surface area (Å²) in [6.07, 6.45) is -4.40. The van der Waals surface area contributed by atoms with E-state index in [1.807, 2.05) is 59.8 Å². The van der Waals surface area contributed by atoms with Crippen LogP contribution in [0.5, 0.6) is 5.75 Å². The molecule has 2 N–H and O–H groups in total. The molecule has 16 heteroatoms. The molecule has 0 aliphatic carbocycles. The second-order valence-corrected chi connectivity index (χ2v) is 9.38. The molecule has 0 bridgehead atoms. The molecule has 232 valence electrons. The summed E-state index contributed by atoms with van der Waals surface area (Å²) in [6.45, 7) is 3.24. The molecule has 2 aliphatic rings. The number of likely N-dealkylation sites (tertiary alicyclic amines) is 1. The van der Waals surface area contributed by atoms with Crippen molar-refractivity contribution in [2.45, 2.75) is 37.5 Å². The number of rotatable bonds is 5. The number of carboxylic acid groups (broad SMARTS) is 2. The molecule has 1 fully saturated rings. The van der Waals surface area contributed by atoms with Gasteiger partial charge in [-0.15, -0.1) is 0 Å². The first kappa shape index (κ1) is 32.9. The van der Waals surface area contributed by atoms with Crippen LogP contribution in [0.4, 0.5) is 26.3 Å². The van der Waals surface area contributed by atoms with Crippen LogP contribution in [0.3, 0.4) is 0 Å². The van der Waals surface area contributed by atoms with E-state index in [4.69, 9.17) is 24.5 Å². The third kappa shape index (κ3) is 8.70. The molecule has 1 amide bonds. The number of hydrogen-bond acceptors (Lipinski definition) is 6. The van der Waals surface area contributed by atoms with E-state index in [1.165, 1.54) is 5.56 Å². The maximum atomic E-state index is 13.3. The Hall–Kier alpha value is -4.60. The molecule has 10 nitrogen and oxygen atoms in total. The maximum absolute atomic E-state index is 13.3. The minimum absolute atomic E-state index is 0.107. The Morgan fingerprint density at radius 1 is 0.884 bits per heavy atom. The number of carbonyl (C=O) groups excluding carboxylic acids is 1. The molecule has 3 aromatic rings. The predicted molar refractivity (Wildman–Crippen MR) is 137 cm³/mol. The number of alkyl halides is 6. The van der Waals surface area contributed by atoms with Crippen molar-refractivity contribution in [1.29, 1.82) is 0 Å². The van der Waals surface area contributed by atoms with E-state index in [0.29, 0.717) is 6.54 Å². The summed E-state index contributed by atoms with van der Waals surface area (Å²) < 4.78 is 70.9.